The average Bonchev–Trinajstić information content (AvgIpc) is 3.01. The van der Waals surface area contributed by atoms with Gasteiger partial charge in [0.2, 0.25) is 5.75 Å². The minimum absolute atomic E-state index is 0.0191. The first kappa shape index (κ1) is 33.4. The maximum atomic E-state index is 13.7. The monoisotopic (exact) mass is 654 g/mol. The molecule has 1 heterocycles. The number of nitro benzene ring substituents is 1. The molecule has 13 heteroatoms. The van der Waals surface area contributed by atoms with Crippen molar-refractivity contribution in [2.45, 2.75) is 70.4 Å². The lowest BCUT2D eigenvalue weighted by Crippen LogP contribution is -2.40. The molecule has 2 aromatic carbocycles. The number of nitro groups is 1. The Morgan fingerprint density at radius 3 is 2.23 bits per heavy atom. The van der Waals surface area contributed by atoms with Crippen LogP contribution < -0.4 is 9.47 Å². The normalized spacial score (nSPS) is 17.0. The predicted octanol–water partition coefficient (Wildman–Crippen LogP) is 7.42. The second kappa shape index (κ2) is 13.4. The molecule has 0 unspecified atom stereocenters. The molecule has 0 spiro atoms. The highest BCUT2D eigenvalue weighted by Crippen LogP contribution is 2.51. The number of carboxylic acid groups (broad SMARTS) is 1. The zero-order valence-corrected chi connectivity index (χ0v) is 25.7. The smallest absolute Gasteiger partial charge is 0.416 e. The van der Waals surface area contributed by atoms with Crippen molar-refractivity contribution < 1.29 is 47.1 Å². The minimum Gasteiger partial charge on any atom is -0.490 e. The zero-order chi connectivity index (χ0) is 34.0. The van der Waals surface area contributed by atoms with Crippen LogP contribution in [0, 0.1) is 10.1 Å². The molecular weight excluding hydrogens is 621 g/mol. The summed E-state index contributed by atoms with van der Waals surface area (Å²) >= 11 is 0. The molecule has 1 N–H and O–H groups in total. The van der Waals surface area contributed by atoms with Gasteiger partial charge in [0.15, 0.2) is 23.1 Å². The number of allylic oxidation sites excluding steroid dienone is 5. The summed E-state index contributed by atoms with van der Waals surface area (Å²) < 4.78 is 52.0. The fourth-order valence-electron chi connectivity index (χ4n) is 6.60. The van der Waals surface area contributed by atoms with E-state index in [0.717, 1.165) is 6.07 Å². The molecule has 47 heavy (non-hydrogen) atoms. The first-order valence-corrected chi connectivity index (χ1v) is 15.3. The van der Waals surface area contributed by atoms with Gasteiger partial charge in [-0.3, -0.25) is 24.5 Å². The summed E-state index contributed by atoms with van der Waals surface area (Å²) in [4.78, 5) is 51.5. The molecule has 3 aliphatic rings. The van der Waals surface area contributed by atoms with Gasteiger partial charge in [0, 0.05) is 59.5 Å². The van der Waals surface area contributed by atoms with Gasteiger partial charge in [-0.25, -0.2) is 0 Å². The van der Waals surface area contributed by atoms with Crippen LogP contribution in [0.25, 0.3) is 0 Å². The Morgan fingerprint density at radius 1 is 1.06 bits per heavy atom. The maximum Gasteiger partial charge on any atom is 0.416 e. The summed E-state index contributed by atoms with van der Waals surface area (Å²) in [7, 11) is 0. The van der Waals surface area contributed by atoms with Crippen LogP contribution in [0.1, 0.15) is 74.5 Å². The molecule has 1 aliphatic heterocycles. The quantitative estimate of drug-likeness (QED) is 0.149. The number of ether oxygens (including phenoxy) is 2. The molecule has 0 saturated carbocycles. The van der Waals surface area contributed by atoms with Crippen molar-refractivity contribution in [3.63, 3.8) is 0 Å². The van der Waals surface area contributed by atoms with Crippen LogP contribution in [0.5, 0.6) is 17.2 Å². The Balaban J connectivity index is 1.70. The second-order valence-corrected chi connectivity index (χ2v) is 11.5. The highest BCUT2D eigenvalue weighted by Gasteiger charge is 2.44. The van der Waals surface area contributed by atoms with E-state index in [0.29, 0.717) is 71.5 Å². The lowest BCUT2D eigenvalue weighted by Gasteiger charge is -2.44. The van der Waals surface area contributed by atoms with Gasteiger partial charge < -0.3 is 19.5 Å². The number of Topliss-reactive ketones (excluding diaryl/α,β-unsaturated/α-hetero) is 2. The maximum absolute atomic E-state index is 13.7. The molecule has 0 radical (unpaired) electrons. The summed E-state index contributed by atoms with van der Waals surface area (Å²) in [6.07, 6.45) is -0.570. The number of carbonyl (C=O) groups is 3. The van der Waals surface area contributed by atoms with Crippen LogP contribution in [0.2, 0.25) is 0 Å². The van der Waals surface area contributed by atoms with E-state index in [4.69, 9.17) is 9.47 Å². The lowest BCUT2D eigenvalue weighted by molar-refractivity contribution is -0.385. The SMILES string of the molecule is C=CCc1cc(C2C3=C(CCCC3=O)N(CCC(=O)O)C3=C2C(=O)CCC3)cc(OCC)c1Oc1ccc(C(F)(F)F)cc1[N+](=O)[O-]. The van der Waals surface area contributed by atoms with E-state index in [2.05, 4.69) is 6.58 Å². The molecule has 10 nitrogen and oxygen atoms in total. The first-order valence-electron chi connectivity index (χ1n) is 15.3. The molecule has 0 amide bonds. The molecule has 2 aliphatic carbocycles. The third-order valence-electron chi connectivity index (χ3n) is 8.48. The standard InChI is InChI=1S/C34H33F3N2O8/c1-3-7-19-16-20(17-28(46-4-2)33(19)47-27-13-12-21(34(35,36)37)18-24(27)39(44)45)30-31-22(8-5-10-25(31)40)38(15-14-29(42)43)23-9-6-11-26(41)32(23)30/h3,12-13,16-18,30H,1,4-11,14-15H2,2H3,(H,42,43). The van der Waals surface area contributed by atoms with Crippen molar-refractivity contribution in [2.24, 2.45) is 0 Å². The number of rotatable bonds is 11. The average molecular weight is 655 g/mol. The van der Waals surface area contributed by atoms with Gasteiger partial charge in [-0.15, -0.1) is 6.58 Å². The zero-order valence-electron chi connectivity index (χ0n) is 25.7. The van der Waals surface area contributed by atoms with Gasteiger partial charge in [-0.2, -0.15) is 13.2 Å². The summed E-state index contributed by atoms with van der Waals surface area (Å²) in [5, 5.41) is 21.3. The van der Waals surface area contributed by atoms with Crippen LogP contribution in [0.4, 0.5) is 18.9 Å². The Morgan fingerprint density at radius 2 is 1.70 bits per heavy atom. The van der Waals surface area contributed by atoms with Crippen molar-refractivity contribution in [1.29, 1.82) is 0 Å². The molecule has 0 atom stereocenters. The third-order valence-corrected chi connectivity index (χ3v) is 8.48. The molecule has 248 valence electrons. The van der Waals surface area contributed by atoms with Gasteiger partial charge in [0.25, 0.3) is 0 Å². The van der Waals surface area contributed by atoms with Crippen molar-refractivity contribution >= 4 is 23.2 Å². The molecule has 5 rings (SSSR count). The van der Waals surface area contributed by atoms with Gasteiger partial charge >= 0.3 is 17.8 Å². The van der Waals surface area contributed by atoms with Crippen molar-refractivity contribution in [1.82, 2.24) is 4.90 Å². The van der Waals surface area contributed by atoms with Crippen molar-refractivity contribution in [3.8, 4) is 17.2 Å². The summed E-state index contributed by atoms with van der Waals surface area (Å²) in [5.74, 6) is -2.38. The van der Waals surface area contributed by atoms with Gasteiger partial charge in [-0.1, -0.05) is 12.1 Å². The molecule has 2 aromatic rings. The van der Waals surface area contributed by atoms with Gasteiger partial charge in [-0.05, 0) is 62.8 Å². The van der Waals surface area contributed by atoms with E-state index < -0.39 is 40.0 Å². The van der Waals surface area contributed by atoms with E-state index in [-0.39, 0.29) is 61.9 Å². The summed E-state index contributed by atoms with van der Waals surface area (Å²) in [5.41, 5.74) is 1.09. The number of benzene rings is 2. The Bertz CT molecular complexity index is 1680. The van der Waals surface area contributed by atoms with Crippen LogP contribution in [0.15, 0.2) is 65.5 Å². The minimum atomic E-state index is -4.81. The van der Waals surface area contributed by atoms with Crippen LogP contribution >= 0.6 is 0 Å². The number of carboxylic acids is 1. The number of hydrogen-bond acceptors (Lipinski definition) is 8. The molecule has 0 bridgehead atoms. The Kier molecular flexibility index (Phi) is 9.55. The van der Waals surface area contributed by atoms with E-state index in [1.807, 2.05) is 4.90 Å². The van der Waals surface area contributed by atoms with Crippen LogP contribution in [0.3, 0.4) is 0 Å². The molecular formula is C34H33F3N2O8. The van der Waals surface area contributed by atoms with E-state index in [1.54, 1.807) is 25.1 Å². The van der Waals surface area contributed by atoms with Crippen LogP contribution in [-0.4, -0.2) is 45.6 Å². The van der Waals surface area contributed by atoms with Crippen LogP contribution in [-0.2, 0) is 27.0 Å². The third kappa shape index (κ3) is 6.65. The fraction of sp³-hybridized carbons (Fsp3) is 0.382. The van der Waals surface area contributed by atoms with E-state index in [9.17, 15) is 42.8 Å². The second-order valence-electron chi connectivity index (χ2n) is 11.5. The fourth-order valence-corrected chi connectivity index (χ4v) is 6.60. The number of carbonyl (C=O) groups excluding carboxylic acids is 2. The Labute approximate surface area is 268 Å². The number of hydrogen-bond donors (Lipinski definition) is 1. The van der Waals surface area contributed by atoms with Crippen molar-refractivity contribution in [3.05, 3.63) is 92.3 Å². The first-order chi connectivity index (χ1) is 22.3. The van der Waals surface area contributed by atoms with Crippen molar-refractivity contribution in [2.75, 3.05) is 13.2 Å². The van der Waals surface area contributed by atoms with Gasteiger partial charge in [0.05, 0.1) is 23.5 Å². The predicted molar refractivity (Wildman–Crippen MR) is 163 cm³/mol. The number of aliphatic carboxylic acids is 1. The number of alkyl halides is 3. The largest absolute Gasteiger partial charge is 0.490 e. The lowest BCUT2D eigenvalue weighted by atomic mass is 9.70. The number of nitrogens with zero attached hydrogens (tertiary/aromatic N) is 2. The number of halogens is 3. The van der Waals surface area contributed by atoms with E-state index >= 15 is 0 Å². The molecule has 0 aromatic heterocycles. The number of ketones is 2. The summed E-state index contributed by atoms with van der Waals surface area (Å²) in [6, 6.07) is 5.27. The van der Waals surface area contributed by atoms with E-state index in [1.165, 1.54) is 0 Å². The highest BCUT2D eigenvalue weighted by atomic mass is 19.4. The Hall–Kier alpha value is -4.94. The topological polar surface area (TPSA) is 136 Å². The van der Waals surface area contributed by atoms with Gasteiger partial charge in [0.1, 0.15) is 0 Å². The molecule has 0 fully saturated rings. The highest BCUT2D eigenvalue weighted by molar-refractivity contribution is 6.06. The molecule has 0 saturated heterocycles. The summed E-state index contributed by atoms with van der Waals surface area (Å²) in [6.45, 7) is 5.73.